The summed E-state index contributed by atoms with van der Waals surface area (Å²) < 4.78 is 51.4. The number of aromatic nitrogens is 1. The molecule has 0 amide bonds. The zero-order valence-electron chi connectivity index (χ0n) is 17.6. The van der Waals surface area contributed by atoms with E-state index in [4.69, 9.17) is 5.14 Å². The number of nitrogens with zero attached hydrogens (tertiary/aromatic N) is 2. The first-order valence-corrected chi connectivity index (χ1v) is 13.3. The van der Waals surface area contributed by atoms with E-state index in [0.717, 1.165) is 19.3 Å². The van der Waals surface area contributed by atoms with Gasteiger partial charge in [-0.25, -0.2) is 9.82 Å². The SMILES string of the molecule is NS(=O)(=O)Nc1ccc2c(c1)S(O)(O)N=C(c1c(O)c3ccccc3n(NC3CCC3)c1=O)N2. The van der Waals surface area contributed by atoms with Crippen molar-refractivity contribution >= 4 is 49.1 Å². The number of benzene rings is 2. The Bertz CT molecular complexity index is 1510. The average molecular weight is 507 g/mol. The largest absolute Gasteiger partial charge is 0.506 e. The van der Waals surface area contributed by atoms with Crippen LogP contribution in [-0.4, -0.2) is 39.2 Å². The normalized spacial score (nSPS) is 18.3. The quantitative estimate of drug-likeness (QED) is 0.274. The maximum Gasteiger partial charge on any atom is 0.296 e. The van der Waals surface area contributed by atoms with Gasteiger partial charge >= 0.3 is 0 Å². The summed E-state index contributed by atoms with van der Waals surface area (Å²) in [4.78, 5) is 13.4. The molecule has 1 aliphatic heterocycles. The van der Waals surface area contributed by atoms with Gasteiger partial charge < -0.3 is 15.8 Å². The fourth-order valence-corrected chi connectivity index (χ4v) is 5.55. The van der Waals surface area contributed by atoms with Crippen molar-refractivity contribution in [2.75, 3.05) is 15.5 Å². The van der Waals surface area contributed by atoms with E-state index in [1.807, 2.05) is 0 Å². The fraction of sp³-hybridized carbons (Fsp3) is 0.200. The number of amidine groups is 1. The summed E-state index contributed by atoms with van der Waals surface area (Å²) >= 11 is 0. The highest BCUT2D eigenvalue weighted by Gasteiger charge is 2.31. The van der Waals surface area contributed by atoms with Crippen molar-refractivity contribution in [1.29, 1.82) is 0 Å². The molecule has 3 aromatic rings. The van der Waals surface area contributed by atoms with Crippen LogP contribution in [0.25, 0.3) is 10.9 Å². The molecule has 1 aliphatic carbocycles. The van der Waals surface area contributed by atoms with Crippen LogP contribution in [0.15, 0.2) is 56.6 Å². The van der Waals surface area contributed by atoms with Crippen LogP contribution < -0.4 is 26.2 Å². The third kappa shape index (κ3) is 3.95. The summed E-state index contributed by atoms with van der Waals surface area (Å²) in [5.74, 6) is -0.582. The maximum atomic E-state index is 13.5. The first-order valence-electron chi connectivity index (χ1n) is 10.3. The van der Waals surface area contributed by atoms with Crippen molar-refractivity contribution in [2.45, 2.75) is 30.2 Å². The number of fused-ring (bicyclic) bond motifs is 2. The van der Waals surface area contributed by atoms with Gasteiger partial charge in [-0.05, 0) is 49.6 Å². The number of hydrogen-bond donors (Lipinski definition) is 7. The third-order valence-corrected chi connectivity index (χ3v) is 7.60. The lowest BCUT2D eigenvalue weighted by Gasteiger charge is -2.35. The van der Waals surface area contributed by atoms with E-state index in [1.54, 1.807) is 24.3 Å². The Morgan fingerprint density at radius 3 is 2.59 bits per heavy atom. The molecular weight excluding hydrogens is 484 g/mol. The van der Waals surface area contributed by atoms with Crippen LogP contribution in [0.1, 0.15) is 24.8 Å². The molecule has 1 aromatic heterocycles. The van der Waals surface area contributed by atoms with Crippen molar-refractivity contribution in [3.8, 4) is 5.75 Å². The molecule has 1 fully saturated rings. The van der Waals surface area contributed by atoms with Gasteiger partial charge in [0.25, 0.3) is 15.8 Å². The minimum absolute atomic E-state index is 0.00211. The number of para-hydroxylation sites is 1. The van der Waals surface area contributed by atoms with E-state index in [-0.39, 0.29) is 39.5 Å². The van der Waals surface area contributed by atoms with Crippen molar-refractivity contribution in [1.82, 2.24) is 4.68 Å². The molecule has 0 bridgehead atoms. The van der Waals surface area contributed by atoms with Crippen molar-refractivity contribution in [3.63, 3.8) is 0 Å². The lowest BCUT2D eigenvalue weighted by Crippen LogP contribution is -2.42. The number of pyridine rings is 1. The Labute approximate surface area is 195 Å². The highest BCUT2D eigenvalue weighted by molar-refractivity contribution is 8.23. The second-order valence-electron chi connectivity index (χ2n) is 8.08. The Hall–Kier alpha value is -3.30. The van der Waals surface area contributed by atoms with Gasteiger partial charge in [0.05, 0.1) is 16.9 Å². The summed E-state index contributed by atoms with van der Waals surface area (Å²) in [6.07, 6.45) is 2.85. The average Bonchev–Trinajstić information content (AvgIpc) is 2.71. The van der Waals surface area contributed by atoms with Gasteiger partial charge in [0, 0.05) is 11.4 Å². The molecule has 8 N–H and O–H groups in total. The molecule has 2 aliphatic rings. The lowest BCUT2D eigenvalue weighted by atomic mass is 9.94. The predicted molar refractivity (Wildman–Crippen MR) is 131 cm³/mol. The smallest absolute Gasteiger partial charge is 0.296 e. The molecule has 0 radical (unpaired) electrons. The molecule has 0 spiro atoms. The minimum Gasteiger partial charge on any atom is -0.506 e. The zero-order valence-corrected chi connectivity index (χ0v) is 19.2. The van der Waals surface area contributed by atoms with Gasteiger partial charge in [-0.3, -0.25) is 18.6 Å². The molecule has 5 rings (SSSR count). The molecule has 2 aromatic carbocycles. The summed E-state index contributed by atoms with van der Waals surface area (Å²) in [6, 6.07) is 10.8. The van der Waals surface area contributed by atoms with Crippen LogP contribution in [0.4, 0.5) is 11.4 Å². The molecule has 180 valence electrons. The second kappa shape index (κ2) is 7.89. The summed E-state index contributed by atoms with van der Waals surface area (Å²) in [7, 11) is -7.95. The van der Waals surface area contributed by atoms with E-state index in [1.165, 1.54) is 22.9 Å². The predicted octanol–water partition coefficient (Wildman–Crippen LogP) is 2.32. The van der Waals surface area contributed by atoms with Crippen molar-refractivity contribution in [3.05, 3.63) is 58.4 Å². The van der Waals surface area contributed by atoms with Crippen LogP contribution in [0.3, 0.4) is 0 Å². The number of nitrogens with two attached hydrogens (primary N) is 1. The van der Waals surface area contributed by atoms with Gasteiger partial charge in [0.1, 0.15) is 16.2 Å². The van der Waals surface area contributed by atoms with Crippen LogP contribution in [0, 0.1) is 0 Å². The summed E-state index contributed by atoms with van der Waals surface area (Å²) in [6.45, 7) is 0. The van der Waals surface area contributed by atoms with Gasteiger partial charge in [-0.1, -0.05) is 22.9 Å². The van der Waals surface area contributed by atoms with Gasteiger partial charge in [-0.2, -0.15) is 8.42 Å². The van der Waals surface area contributed by atoms with E-state index >= 15 is 0 Å². The first-order chi connectivity index (χ1) is 16.0. The number of nitrogens with one attached hydrogen (secondary N) is 3. The third-order valence-electron chi connectivity index (χ3n) is 5.72. The summed E-state index contributed by atoms with van der Waals surface area (Å²) in [5, 5.41) is 19.2. The highest BCUT2D eigenvalue weighted by Crippen LogP contribution is 2.56. The van der Waals surface area contributed by atoms with Crippen molar-refractivity contribution < 1.29 is 22.6 Å². The molecule has 14 heteroatoms. The van der Waals surface area contributed by atoms with E-state index < -0.39 is 26.5 Å². The van der Waals surface area contributed by atoms with Gasteiger partial charge in [-0.15, -0.1) is 4.40 Å². The monoisotopic (exact) mass is 506 g/mol. The molecule has 34 heavy (non-hydrogen) atoms. The van der Waals surface area contributed by atoms with Gasteiger partial charge in [0.2, 0.25) is 0 Å². The fourth-order valence-electron chi connectivity index (χ4n) is 3.90. The lowest BCUT2D eigenvalue weighted by molar-refractivity contribution is 0.414. The number of rotatable bonds is 5. The van der Waals surface area contributed by atoms with Crippen LogP contribution >= 0.6 is 10.8 Å². The second-order valence-corrected chi connectivity index (χ2v) is 11.0. The topological polar surface area (TPSA) is 191 Å². The van der Waals surface area contributed by atoms with Crippen LogP contribution in [0.2, 0.25) is 0 Å². The molecule has 1 saturated carbocycles. The number of hydrogen-bond acceptors (Lipinski definition) is 9. The molecule has 2 heterocycles. The first kappa shape index (κ1) is 22.5. The van der Waals surface area contributed by atoms with Crippen LogP contribution in [-0.2, 0) is 10.2 Å². The minimum atomic E-state index is -4.08. The van der Waals surface area contributed by atoms with E-state index in [0.29, 0.717) is 10.9 Å². The van der Waals surface area contributed by atoms with E-state index in [2.05, 4.69) is 19.9 Å². The number of aromatic hydroxyl groups is 1. The molecule has 0 atom stereocenters. The zero-order chi connectivity index (χ0) is 24.3. The Balaban J connectivity index is 1.64. The Kier molecular flexibility index (Phi) is 5.22. The Morgan fingerprint density at radius 1 is 1.18 bits per heavy atom. The molecule has 0 saturated heterocycles. The van der Waals surface area contributed by atoms with Gasteiger partial charge in [0.15, 0.2) is 5.84 Å². The van der Waals surface area contributed by atoms with E-state index in [9.17, 15) is 27.4 Å². The standard InChI is InChI=1S/C20H22N6O6S2/c21-34(31,32)24-12-8-9-14-16(10-12)33(29,30)25-19(22-14)17-18(27)13-6-1-2-7-15(13)26(20(17)28)23-11-4-3-5-11/h1-2,6-11,23-24,27,29-30H,3-5H2,(H,22,25)(H2,21,31,32). The molecule has 0 unspecified atom stereocenters. The maximum absolute atomic E-state index is 13.5. The molecule has 12 nitrogen and oxygen atoms in total. The molecular formula is C20H22N6O6S2. The van der Waals surface area contributed by atoms with Crippen molar-refractivity contribution in [2.24, 2.45) is 9.54 Å². The van der Waals surface area contributed by atoms with Crippen LogP contribution in [0.5, 0.6) is 5.75 Å². The summed E-state index contributed by atoms with van der Waals surface area (Å²) in [5.41, 5.74) is 2.99. The highest BCUT2D eigenvalue weighted by atomic mass is 32.3. The Morgan fingerprint density at radius 2 is 1.91 bits per heavy atom. The number of anilines is 2.